The molecule has 2 aliphatic rings. The van der Waals surface area contributed by atoms with E-state index < -0.39 is 12.1 Å². The van der Waals surface area contributed by atoms with E-state index in [2.05, 4.69) is 20.6 Å². The van der Waals surface area contributed by atoms with Crippen LogP contribution in [0.25, 0.3) is 0 Å². The summed E-state index contributed by atoms with van der Waals surface area (Å²) in [4.78, 5) is 28.0. The summed E-state index contributed by atoms with van der Waals surface area (Å²) in [6.45, 7) is 6.39. The maximum Gasteiger partial charge on any atom is 0.490 e. The van der Waals surface area contributed by atoms with Crippen LogP contribution in [-0.2, 0) is 16.1 Å². The van der Waals surface area contributed by atoms with Crippen molar-refractivity contribution in [2.45, 2.75) is 25.7 Å². The average molecular weight is 478 g/mol. The normalized spacial score (nSPS) is 23.2. The molecule has 2 N–H and O–H groups in total. The Morgan fingerprint density at radius 2 is 2.10 bits per heavy atom. The van der Waals surface area contributed by atoms with Gasteiger partial charge in [-0.3, -0.25) is 9.69 Å². The van der Waals surface area contributed by atoms with Crippen LogP contribution in [0.1, 0.15) is 21.1 Å². The Hall–Kier alpha value is -2.02. The number of hydrogen-bond donors (Lipinski definition) is 2. The second-order valence-electron chi connectivity index (χ2n) is 7.40. The monoisotopic (exact) mass is 477 g/mol. The number of nitrogens with one attached hydrogen (secondary N) is 1. The van der Waals surface area contributed by atoms with E-state index >= 15 is 0 Å². The van der Waals surface area contributed by atoms with Gasteiger partial charge in [0.1, 0.15) is 5.01 Å². The first-order valence-corrected chi connectivity index (χ1v) is 11.3. The van der Waals surface area contributed by atoms with Gasteiger partial charge >= 0.3 is 12.1 Å². The number of ether oxygens (including phenoxy) is 1. The molecule has 0 radical (unpaired) electrons. The number of alkyl halides is 3. The highest BCUT2D eigenvalue weighted by Crippen LogP contribution is 2.34. The zero-order chi connectivity index (χ0) is 22.6. The number of amides is 1. The van der Waals surface area contributed by atoms with Crippen molar-refractivity contribution in [2.24, 2.45) is 11.8 Å². The maximum atomic E-state index is 12.1. The smallest absolute Gasteiger partial charge is 0.475 e. The Kier molecular flexibility index (Phi) is 7.68. The van der Waals surface area contributed by atoms with Crippen molar-refractivity contribution in [2.75, 3.05) is 26.2 Å². The lowest BCUT2D eigenvalue weighted by atomic mass is 9.93. The highest BCUT2D eigenvalue weighted by molar-refractivity contribution is 7.09. The van der Waals surface area contributed by atoms with Gasteiger partial charge in [0.05, 0.1) is 19.3 Å². The number of aliphatic carboxylic acids is 1. The molecule has 31 heavy (non-hydrogen) atoms. The number of aromatic nitrogens is 1. The van der Waals surface area contributed by atoms with Crippen molar-refractivity contribution in [3.63, 3.8) is 0 Å². The highest BCUT2D eigenvalue weighted by atomic mass is 32.1. The minimum absolute atomic E-state index is 0.0211. The van der Waals surface area contributed by atoms with E-state index in [1.54, 1.807) is 22.7 Å². The fraction of sp³-hybridized carbons (Fsp3) is 0.526. The largest absolute Gasteiger partial charge is 0.490 e. The van der Waals surface area contributed by atoms with Gasteiger partial charge in [0.2, 0.25) is 0 Å². The van der Waals surface area contributed by atoms with Crippen molar-refractivity contribution in [3.05, 3.63) is 38.5 Å². The van der Waals surface area contributed by atoms with Gasteiger partial charge in [-0.25, -0.2) is 9.78 Å². The predicted molar refractivity (Wildman–Crippen MR) is 109 cm³/mol. The molecule has 7 nitrogen and oxygen atoms in total. The van der Waals surface area contributed by atoms with Crippen molar-refractivity contribution >= 4 is 34.6 Å². The molecule has 1 amide bonds. The topological polar surface area (TPSA) is 91.8 Å². The summed E-state index contributed by atoms with van der Waals surface area (Å²) < 4.78 is 37.7. The molecule has 3 atom stereocenters. The third-order valence-corrected chi connectivity index (χ3v) is 6.73. The first-order chi connectivity index (χ1) is 14.6. The second kappa shape index (κ2) is 10.1. The van der Waals surface area contributed by atoms with Crippen LogP contribution in [0.4, 0.5) is 13.2 Å². The Morgan fingerprint density at radius 1 is 1.35 bits per heavy atom. The minimum atomic E-state index is -5.08. The molecule has 2 aromatic heterocycles. The summed E-state index contributed by atoms with van der Waals surface area (Å²) in [6.07, 6.45) is -4.78. The Bertz CT molecular complexity index is 888. The number of aryl methyl sites for hydroxylation is 1. The van der Waals surface area contributed by atoms with Crippen LogP contribution in [0.15, 0.2) is 22.2 Å². The van der Waals surface area contributed by atoms with Crippen LogP contribution in [0.3, 0.4) is 0 Å². The van der Waals surface area contributed by atoms with Crippen LogP contribution < -0.4 is 5.32 Å². The predicted octanol–water partition coefficient (Wildman–Crippen LogP) is 3.02. The van der Waals surface area contributed by atoms with E-state index in [9.17, 15) is 18.0 Å². The van der Waals surface area contributed by atoms with Gasteiger partial charge in [0.15, 0.2) is 0 Å². The van der Waals surface area contributed by atoms with E-state index in [1.165, 1.54) is 5.01 Å². The Labute approximate surface area is 184 Å². The fourth-order valence-electron chi connectivity index (χ4n) is 3.61. The first-order valence-electron chi connectivity index (χ1n) is 9.49. The minimum Gasteiger partial charge on any atom is -0.475 e. The molecule has 0 unspecified atom stereocenters. The SMILES string of the molecule is Cc1csc(CN2C[C@@H]3[C@H](CNC(=O)c4ccsc4)CO[C@@H]3C2)n1.O=C(O)C(F)(F)F. The van der Waals surface area contributed by atoms with Crippen LogP contribution in [0, 0.1) is 18.8 Å². The lowest BCUT2D eigenvalue weighted by Gasteiger charge is -2.19. The van der Waals surface area contributed by atoms with Gasteiger partial charge in [-0.15, -0.1) is 11.3 Å². The van der Waals surface area contributed by atoms with Crippen molar-refractivity contribution < 1.29 is 32.6 Å². The maximum absolute atomic E-state index is 12.1. The Balaban J connectivity index is 0.000000339. The van der Waals surface area contributed by atoms with Gasteiger partial charge in [-0.05, 0) is 18.4 Å². The van der Waals surface area contributed by atoms with E-state index in [0.29, 0.717) is 24.5 Å². The van der Waals surface area contributed by atoms with Gasteiger partial charge in [0.25, 0.3) is 5.91 Å². The molecule has 0 spiro atoms. The van der Waals surface area contributed by atoms with Gasteiger partial charge in [0, 0.05) is 53.5 Å². The number of carbonyl (C=O) groups is 2. The number of fused-ring (bicyclic) bond motifs is 1. The summed E-state index contributed by atoms with van der Waals surface area (Å²) in [5, 5.41) is 17.3. The van der Waals surface area contributed by atoms with E-state index in [1.807, 2.05) is 23.8 Å². The van der Waals surface area contributed by atoms with E-state index in [0.717, 1.165) is 37.5 Å². The molecule has 4 rings (SSSR count). The number of thiazole rings is 1. The van der Waals surface area contributed by atoms with Crippen LogP contribution in [-0.4, -0.2) is 65.4 Å². The third kappa shape index (κ3) is 6.48. The van der Waals surface area contributed by atoms with Crippen molar-refractivity contribution in [1.82, 2.24) is 15.2 Å². The number of thiophene rings is 1. The Morgan fingerprint density at radius 3 is 2.68 bits per heavy atom. The lowest BCUT2D eigenvalue weighted by molar-refractivity contribution is -0.192. The van der Waals surface area contributed by atoms with Crippen LogP contribution in [0.2, 0.25) is 0 Å². The molecule has 2 fully saturated rings. The number of nitrogens with zero attached hydrogens (tertiary/aromatic N) is 2. The van der Waals surface area contributed by atoms with Crippen molar-refractivity contribution in [3.8, 4) is 0 Å². The standard InChI is InChI=1S/C17H21N3O2S2.C2HF3O2/c1-11-9-24-16(19-11)7-20-5-14-13(8-22-15(14)6-20)4-18-17(21)12-2-3-23-10-12;3-2(4,5)1(6)7/h2-3,9-10,13-15H,4-8H2,1H3,(H,18,21);(H,6,7)/t13-,14-,15-;/m1./s1. The summed E-state index contributed by atoms with van der Waals surface area (Å²) in [5.74, 6) is -1.82. The molecule has 12 heteroatoms. The molecule has 0 aromatic carbocycles. The molecule has 2 aromatic rings. The summed E-state index contributed by atoms with van der Waals surface area (Å²) in [5.41, 5.74) is 1.85. The molecule has 2 saturated heterocycles. The number of halogens is 3. The van der Waals surface area contributed by atoms with Crippen LogP contribution >= 0.6 is 22.7 Å². The zero-order valence-corrected chi connectivity index (χ0v) is 18.2. The van der Waals surface area contributed by atoms with E-state index in [-0.39, 0.29) is 5.91 Å². The second-order valence-corrected chi connectivity index (χ2v) is 9.12. The first kappa shape index (κ1) is 23.6. The number of carbonyl (C=O) groups excluding carboxylic acids is 1. The summed E-state index contributed by atoms with van der Waals surface area (Å²) >= 11 is 3.28. The van der Waals surface area contributed by atoms with Crippen molar-refractivity contribution in [1.29, 1.82) is 0 Å². The number of carboxylic acids is 1. The molecule has 0 saturated carbocycles. The van der Waals surface area contributed by atoms with E-state index in [4.69, 9.17) is 14.6 Å². The molecular weight excluding hydrogens is 455 g/mol. The molecule has 2 aliphatic heterocycles. The number of carboxylic acid groups (broad SMARTS) is 1. The summed E-state index contributed by atoms with van der Waals surface area (Å²) in [6, 6.07) is 1.86. The van der Waals surface area contributed by atoms with Gasteiger partial charge in [-0.1, -0.05) is 0 Å². The molecule has 4 heterocycles. The quantitative estimate of drug-likeness (QED) is 0.688. The summed E-state index contributed by atoms with van der Waals surface area (Å²) in [7, 11) is 0. The molecule has 0 aliphatic carbocycles. The number of rotatable bonds is 5. The van der Waals surface area contributed by atoms with Crippen LogP contribution in [0.5, 0.6) is 0 Å². The third-order valence-electron chi connectivity index (χ3n) is 5.09. The number of hydrogen-bond acceptors (Lipinski definition) is 7. The molecular formula is C19H22F3N3O4S2. The highest BCUT2D eigenvalue weighted by Gasteiger charge is 2.43. The molecule has 0 bridgehead atoms. The fourth-order valence-corrected chi connectivity index (χ4v) is 5.05. The zero-order valence-electron chi connectivity index (χ0n) is 16.6. The van der Waals surface area contributed by atoms with Gasteiger partial charge < -0.3 is 15.2 Å². The lowest BCUT2D eigenvalue weighted by Crippen LogP contribution is -2.34. The number of likely N-dealkylation sites (tertiary alicyclic amines) is 1. The molecule has 170 valence electrons. The average Bonchev–Trinajstić information content (AvgIpc) is 3.45. The van der Waals surface area contributed by atoms with Gasteiger partial charge in [-0.2, -0.15) is 24.5 Å².